The summed E-state index contributed by atoms with van der Waals surface area (Å²) in [5.74, 6) is -0.211. The molecule has 4 heteroatoms. The van der Waals surface area contributed by atoms with Gasteiger partial charge in [-0.3, -0.25) is 4.90 Å². The number of nitrogens with zero attached hydrogens (tertiary/aromatic N) is 1. The van der Waals surface area contributed by atoms with Crippen LogP contribution in [-0.2, 0) is 11.3 Å². The molecule has 1 aliphatic heterocycles. The summed E-state index contributed by atoms with van der Waals surface area (Å²) in [4.78, 5) is 2.25. The molecule has 1 saturated heterocycles. The van der Waals surface area contributed by atoms with Gasteiger partial charge in [0, 0.05) is 19.1 Å². The zero-order valence-electron chi connectivity index (χ0n) is 9.97. The summed E-state index contributed by atoms with van der Waals surface area (Å²) in [6.45, 7) is 4.26. The van der Waals surface area contributed by atoms with Gasteiger partial charge < -0.3 is 9.84 Å². The second-order valence-corrected chi connectivity index (χ2v) is 4.54. The summed E-state index contributed by atoms with van der Waals surface area (Å²) in [6.07, 6.45) is -0.105. The maximum Gasteiger partial charge on any atom is 0.123 e. The van der Waals surface area contributed by atoms with Crippen LogP contribution in [0, 0.1) is 5.82 Å². The number of hydrogen-bond donors (Lipinski definition) is 1. The topological polar surface area (TPSA) is 32.7 Å². The van der Waals surface area contributed by atoms with E-state index in [1.54, 1.807) is 12.1 Å². The second kappa shape index (κ2) is 5.58. The van der Waals surface area contributed by atoms with E-state index in [1.807, 2.05) is 0 Å². The number of rotatable bonds is 3. The van der Waals surface area contributed by atoms with Crippen molar-refractivity contribution < 1.29 is 14.2 Å². The van der Waals surface area contributed by atoms with Crippen LogP contribution >= 0.6 is 0 Å². The number of aliphatic hydroxyl groups excluding tert-OH is 1. The van der Waals surface area contributed by atoms with E-state index in [4.69, 9.17) is 9.84 Å². The Bertz CT molecular complexity index is 355. The predicted octanol–water partition coefficient (Wildman–Crippen LogP) is 1.41. The van der Waals surface area contributed by atoms with Crippen molar-refractivity contribution in [1.29, 1.82) is 0 Å². The first-order chi connectivity index (χ1) is 8.19. The molecule has 1 aromatic rings. The Morgan fingerprint density at radius 2 is 2.12 bits per heavy atom. The lowest BCUT2D eigenvalue weighted by atomic mass is 10.1. The van der Waals surface area contributed by atoms with Crippen molar-refractivity contribution >= 4 is 0 Å². The van der Waals surface area contributed by atoms with Gasteiger partial charge in [-0.05, 0) is 24.6 Å². The quantitative estimate of drug-likeness (QED) is 0.865. The maximum atomic E-state index is 12.8. The van der Waals surface area contributed by atoms with Crippen LogP contribution in [0.4, 0.5) is 4.39 Å². The number of ether oxygens (including phenoxy) is 1. The highest BCUT2D eigenvalue weighted by atomic mass is 19.1. The Labute approximate surface area is 101 Å². The normalized spacial score (nSPS) is 26.1. The first-order valence-electron chi connectivity index (χ1n) is 5.90. The lowest BCUT2D eigenvalue weighted by molar-refractivity contribution is -0.0805. The van der Waals surface area contributed by atoms with Crippen LogP contribution in [0.2, 0.25) is 0 Å². The van der Waals surface area contributed by atoms with E-state index < -0.39 is 0 Å². The lowest BCUT2D eigenvalue weighted by Gasteiger charge is -2.37. The number of aliphatic hydroxyl groups is 1. The van der Waals surface area contributed by atoms with Crippen molar-refractivity contribution in [3.63, 3.8) is 0 Å². The van der Waals surface area contributed by atoms with Crippen molar-refractivity contribution in [2.75, 3.05) is 19.8 Å². The fraction of sp³-hybridized carbons (Fsp3) is 0.538. The summed E-state index contributed by atoms with van der Waals surface area (Å²) < 4.78 is 18.3. The molecule has 1 heterocycles. The molecule has 17 heavy (non-hydrogen) atoms. The zero-order chi connectivity index (χ0) is 12.3. The molecule has 0 bridgehead atoms. The van der Waals surface area contributed by atoms with Crippen molar-refractivity contribution in [2.45, 2.75) is 25.6 Å². The van der Waals surface area contributed by atoms with Gasteiger partial charge in [0.15, 0.2) is 0 Å². The van der Waals surface area contributed by atoms with Gasteiger partial charge in [0.05, 0.1) is 19.3 Å². The average Bonchev–Trinajstić information content (AvgIpc) is 2.35. The summed E-state index contributed by atoms with van der Waals surface area (Å²) >= 11 is 0. The molecular weight excluding hydrogens is 221 g/mol. The van der Waals surface area contributed by atoms with Crippen LogP contribution in [0.1, 0.15) is 12.5 Å². The SMILES string of the molecule is CC1COC(CO)CN1Cc1ccc(F)cc1. The minimum Gasteiger partial charge on any atom is -0.394 e. The third-order valence-electron chi connectivity index (χ3n) is 3.14. The molecule has 1 aliphatic rings. The Kier molecular flexibility index (Phi) is 4.10. The van der Waals surface area contributed by atoms with E-state index in [0.29, 0.717) is 12.6 Å². The molecular formula is C13H18FNO2. The molecule has 2 unspecified atom stereocenters. The highest BCUT2D eigenvalue weighted by Gasteiger charge is 2.25. The molecule has 0 aromatic heterocycles. The first-order valence-corrected chi connectivity index (χ1v) is 5.90. The highest BCUT2D eigenvalue weighted by molar-refractivity contribution is 5.16. The van der Waals surface area contributed by atoms with E-state index in [1.165, 1.54) is 12.1 Å². The van der Waals surface area contributed by atoms with Gasteiger partial charge in [-0.15, -0.1) is 0 Å². The molecule has 0 amide bonds. The van der Waals surface area contributed by atoms with E-state index in [0.717, 1.165) is 18.7 Å². The first kappa shape index (κ1) is 12.5. The second-order valence-electron chi connectivity index (χ2n) is 4.54. The third kappa shape index (κ3) is 3.25. The van der Waals surface area contributed by atoms with Crippen LogP contribution in [0.25, 0.3) is 0 Å². The minimum atomic E-state index is -0.211. The van der Waals surface area contributed by atoms with Crippen LogP contribution < -0.4 is 0 Å². The van der Waals surface area contributed by atoms with Gasteiger partial charge >= 0.3 is 0 Å². The molecule has 3 nitrogen and oxygen atoms in total. The molecule has 0 saturated carbocycles. The summed E-state index contributed by atoms with van der Waals surface area (Å²) in [6, 6.07) is 6.87. The van der Waals surface area contributed by atoms with Gasteiger partial charge in [0.1, 0.15) is 5.82 Å². The van der Waals surface area contributed by atoms with Crippen molar-refractivity contribution in [2.24, 2.45) is 0 Å². The van der Waals surface area contributed by atoms with Gasteiger partial charge in [-0.2, -0.15) is 0 Å². The van der Waals surface area contributed by atoms with Crippen molar-refractivity contribution in [3.05, 3.63) is 35.6 Å². The average molecular weight is 239 g/mol. The minimum absolute atomic E-state index is 0.0483. The number of halogens is 1. The van der Waals surface area contributed by atoms with E-state index in [2.05, 4.69) is 11.8 Å². The smallest absolute Gasteiger partial charge is 0.123 e. The fourth-order valence-electron chi connectivity index (χ4n) is 2.03. The highest BCUT2D eigenvalue weighted by Crippen LogP contribution is 2.15. The maximum absolute atomic E-state index is 12.8. The largest absolute Gasteiger partial charge is 0.394 e. The van der Waals surface area contributed by atoms with Crippen LogP contribution in [0.5, 0.6) is 0 Å². The van der Waals surface area contributed by atoms with Gasteiger partial charge in [0.2, 0.25) is 0 Å². The number of hydrogen-bond acceptors (Lipinski definition) is 3. The standard InChI is InChI=1S/C13H18FNO2/c1-10-9-17-13(8-16)7-15(10)6-11-2-4-12(14)5-3-11/h2-5,10,13,16H,6-9H2,1H3. The third-order valence-corrected chi connectivity index (χ3v) is 3.14. The van der Waals surface area contributed by atoms with Gasteiger partial charge in [0.25, 0.3) is 0 Å². The molecule has 2 atom stereocenters. The molecule has 0 radical (unpaired) electrons. The summed E-state index contributed by atoms with van der Waals surface area (Å²) in [5, 5.41) is 9.10. The molecule has 1 fully saturated rings. The lowest BCUT2D eigenvalue weighted by Crippen LogP contribution is -2.48. The summed E-state index contributed by atoms with van der Waals surface area (Å²) in [5.41, 5.74) is 1.08. The molecule has 0 spiro atoms. The summed E-state index contributed by atoms with van der Waals surface area (Å²) in [7, 11) is 0. The molecule has 1 aromatic carbocycles. The molecule has 1 N–H and O–H groups in total. The number of benzene rings is 1. The zero-order valence-corrected chi connectivity index (χ0v) is 9.97. The van der Waals surface area contributed by atoms with Crippen LogP contribution in [-0.4, -0.2) is 41.9 Å². The Morgan fingerprint density at radius 3 is 2.76 bits per heavy atom. The van der Waals surface area contributed by atoms with E-state index in [-0.39, 0.29) is 18.5 Å². The van der Waals surface area contributed by atoms with Crippen LogP contribution in [0.15, 0.2) is 24.3 Å². The Hall–Kier alpha value is -0.970. The van der Waals surface area contributed by atoms with Crippen molar-refractivity contribution in [3.8, 4) is 0 Å². The Morgan fingerprint density at radius 1 is 1.41 bits per heavy atom. The van der Waals surface area contributed by atoms with E-state index in [9.17, 15) is 4.39 Å². The van der Waals surface area contributed by atoms with Crippen LogP contribution in [0.3, 0.4) is 0 Å². The predicted molar refractivity (Wildman–Crippen MR) is 63.1 cm³/mol. The Balaban J connectivity index is 1.98. The fourth-order valence-corrected chi connectivity index (χ4v) is 2.03. The number of morpholine rings is 1. The van der Waals surface area contributed by atoms with Gasteiger partial charge in [-0.1, -0.05) is 12.1 Å². The van der Waals surface area contributed by atoms with E-state index >= 15 is 0 Å². The van der Waals surface area contributed by atoms with Gasteiger partial charge in [-0.25, -0.2) is 4.39 Å². The molecule has 2 rings (SSSR count). The monoisotopic (exact) mass is 239 g/mol. The van der Waals surface area contributed by atoms with Crippen molar-refractivity contribution in [1.82, 2.24) is 4.90 Å². The molecule has 94 valence electrons. The molecule has 0 aliphatic carbocycles.